The summed E-state index contributed by atoms with van der Waals surface area (Å²) in [5.41, 5.74) is -0.231. The summed E-state index contributed by atoms with van der Waals surface area (Å²) in [6.45, 7) is 4.47. The molecule has 1 unspecified atom stereocenters. The molecule has 2 saturated carbocycles. The summed E-state index contributed by atoms with van der Waals surface area (Å²) in [6.07, 6.45) is 6.90. The van der Waals surface area contributed by atoms with E-state index in [0.717, 1.165) is 38.5 Å². The van der Waals surface area contributed by atoms with Crippen LogP contribution in [-0.4, -0.2) is 28.7 Å². The molecule has 20 heavy (non-hydrogen) atoms. The average molecular weight is 282 g/mol. The Hall–Kier alpha value is -1.26. The van der Waals surface area contributed by atoms with Gasteiger partial charge in [-0.25, -0.2) is 4.79 Å². The maximum absolute atomic E-state index is 12.1. The maximum Gasteiger partial charge on any atom is 0.315 e. The minimum atomic E-state index is -0.844. The first-order valence-electron chi connectivity index (χ1n) is 7.61. The van der Waals surface area contributed by atoms with Gasteiger partial charge < -0.3 is 15.7 Å². The van der Waals surface area contributed by atoms with Crippen molar-refractivity contribution < 1.29 is 14.7 Å². The van der Waals surface area contributed by atoms with Gasteiger partial charge in [-0.1, -0.05) is 20.3 Å². The third-order valence-corrected chi connectivity index (χ3v) is 4.72. The molecule has 2 amide bonds. The Kier molecular flexibility index (Phi) is 4.25. The molecule has 5 heteroatoms. The Morgan fingerprint density at radius 2 is 1.90 bits per heavy atom. The Bertz CT molecular complexity index is 389. The number of carboxylic acids is 1. The van der Waals surface area contributed by atoms with Gasteiger partial charge in [0.1, 0.15) is 0 Å². The van der Waals surface area contributed by atoms with Gasteiger partial charge >= 0.3 is 12.0 Å². The van der Waals surface area contributed by atoms with Crippen LogP contribution in [0.5, 0.6) is 0 Å². The van der Waals surface area contributed by atoms with E-state index >= 15 is 0 Å². The van der Waals surface area contributed by atoms with E-state index in [9.17, 15) is 9.59 Å². The van der Waals surface area contributed by atoms with Crippen molar-refractivity contribution in [3.8, 4) is 0 Å². The van der Waals surface area contributed by atoms with Crippen LogP contribution in [0.15, 0.2) is 0 Å². The molecule has 1 atom stereocenters. The van der Waals surface area contributed by atoms with Crippen molar-refractivity contribution in [1.82, 2.24) is 10.6 Å². The van der Waals surface area contributed by atoms with Crippen molar-refractivity contribution in [3.05, 3.63) is 0 Å². The van der Waals surface area contributed by atoms with Gasteiger partial charge in [0, 0.05) is 6.04 Å². The van der Waals surface area contributed by atoms with Gasteiger partial charge in [0.25, 0.3) is 0 Å². The molecule has 2 rings (SSSR count). The van der Waals surface area contributed by atoms with Crippen LogP contribution in [0.4, 0.5) is 4.79 Å². The number of carboxylic acid groups (broad SMARTS) is 1. The van der Waals surface area contributed by atoms with E-state index < -0.39 is 11.5 Å². The highest BCUT2D eigenvalue weighted by atomic mass is 16.4. The second kappa shape index (κ2) is 5.62. The van der Waals surface area contributed by atoms with Gasteiger partial charge in [0.05, 0.1) is 12.0 Å². The van der Waals surface area contributed by atoms with Gasteiger partial charge in [-0.15, -0.1) is 0 Å². The number of amides is 2. The lowest BCUT2D eigenvalue weighted by molar-refractivity contribution is -0.139. The lowest BCUT2D eigenvalue weighted by Crippen LogP contribution is -2.58. The molecule has 3 N–H and O–H groups in total. The van der Waals surface area contributed by atoms with Crippen LogP contribution >= 0.6 is 0 Å². The molecule has 114 valence electrons. The number of carbonyl (C=O) groups excluding carboxylic acids is 1. The first-order chi connectivity index (χ1) is 9.30. The summed E-state index contributed by atoms with van der Waals surface area (Å²) in [5.74, 6) is -0.844. The molecule has 0 aromatic heterocycles. The van der Waals surface area contributed by atoms with Crippen molar-refractivity contribution in [2.45, 2.75) is 76.8 Å². The summed E-state index contributed by atoms with van der Waals surface area (Å²) in [4.78, 5) is 23.0. The third-order valence-electron chi connectivity index (χ3n) is 4.72. The zero-order valence-corrected chi connectivity index (χ0v) is 12.5. The van der Waals surface area contributed by atoms with Gasteiger partial charge in [0.15, 0.2) is 0 Å². The summed E-state index contributed by atoms with van der Waals surface area (Å²) in [6, 6.07) is 0.00866. The minimum absolute atomic E-state index is 0.0244. The van der Waals surface area contributed by atoms with Gasteiger partial charge in [-0.05, 0) is 43.9 Å². The maximum atomic E-state index is 12.1. The van der Waals surface area contributed by atoms with E-state index in [0.29, 0.717) is 0 Å². The van der Waals surface area contributed by atoms with Crippen molar-refractivity contribution in [1.29, 1.82) is 0 Å². The van der Waals surface area contributed by atoms with Gasteiger partial charge in [-0.3, -0.25) is 4.79 Å². The molecular weight excluding hydrogens is 256 g/mol. The highest BCUT2D eigenvalue weighted by Crippen LogP contribution is 2.36. The number of urea groups is 1. The largest absolute Gasteiger partial charge is 0.481 e. The number of hydrogen-bond acceptors (Lipinski definition) is 2. The average Bonchev–Trinajstić information content (AvgIpc) is 2.23. The van der Waals surface area contributed by atoms with Crippen LogP contribution in [0.2, 0.25) is 0 Å². The zero-order valence-electron chi connectivity index (χ0n) is 12.5. The Labute approximate surface area is 120 Å². The fourth-order valence-corrected chi connectivity index (χ4v) is 3.52. The van der Waals surface area contributed by atoms with Crippen LogP contribution in [0.3, 0.4) is 0 Å². The van der Waals surface area contributed by atoms with Crippen molar-refractivity contribution in [2.75, 3.05) is 0 Å². The van der Waals surface area contributed by atoms with Crippen LogP contribution < -0.4 is 10.6 Å². The zero-order chi connectivity index (χ0) is 14.8. The number of aliphatic carboxylic acids is 1. The molecule has 0 bridgehead atoms. The van der Waals surface area contributed by atoms with Crippen LogP contribution in [0, 0.1) is 5.41 Å². The van der Waals surface area contributed by atoms with E-state index in [1.54, 1.807) is 0 Å². The summed E-state index contributed by atoms with van der Waals surface area (Å²) >= 11 is 0. The third kappa shape index (κ3) is 3.87. The molecule has 0 heterocycles. The highest BCUT2D eigenvalue weighted by Gasteiger charge is 2.41. The molecule has 0 aromatic carbocycles. The predicted molar refractivity (Wildman–Crippen MR) is 76.5 cm³/mol. The van der Waals surface area contributed by atoms with E-state index in [2.05, 4.69) is 24.5 Å². The SMILES string of the molecule is CC1(C)CCCC(NC(=O)NC2(CC(=O)O)CCC2)C1. The standard InChI is InChI=1S/C15H26N2O3/c1-14(2)6-3-5-11(9-14)16-13(20)17-15(7-4-8-15)10-12(18)19/h11H,3-10H2,1-2H3,(H,18,19)(H2,16,17,20). The number of carbonyl (C=O) groups is 2. The predicted octanol–water partition coefficient (Wildman–Crippen LogP) is 2.65. The summed E-state index contributed by atoms with van der Waals surface area (Å²) < 4.78 is 0. The van der Waals surface area contributed by atoms with Crippen molar-refractivity contribution in [3.63, 3.8) is 0 Å². The minimum Gasteiger partial charge on any atom is -0.481 e. The van der Waals surface area contributed by atoms with Crippen molar-refractivity contribution >= 4 is 12.0 Å². The Morgan fingerprint density at radius 3 is 2.40 bits per heavy atom. The lowest BCUT2D eigenvalue weighted by Gasteiger charge is -2.42. The second-order valence-corrected chi connectivity index (χ2v) is 7.26. The van der Waals surface area contributed by atoms with Crippen LogP contribution in [0.1, 0.15) is 65.2 Å². The summed E-state index contributed by atoms with van der Waals surface area (Å²) in [7, 11) is 0. The van der Waals surface area contributed by atoms with Crippen LogP contribution in [0.25, 0.3) is 0 Å². The first kappa shape index (κ1) is 15.1. The lowest BCUT2D eigenvalue weighted by atomic mass is 9.74. The fraction of sp³-hybridized carbons (Fsp3) is 0.867. The molecule has 0 spiro atoms. The molecule has 0 aromatic rings. The van der Waals surface area contributed by atoms with Crippen molar-refractivity contribution in [2.24, 2.45) is 5.41 Å². The number of rotatable bonds is 4. The first-order valence-corrected chi connectivity index (χ1v) is 7.61. The van der Waals surface area contributed by atoms with Gasteiger partial charge in [-0.2, -0.15) is 0 Å². The van der Waals surface area contributed by atoms with E-state index in [1.165, 1.54) is 6.42 Å². The number of hydrogen-bond donors (Lipinski definition) is 3. The number of nitrogens with one attached hydrogen (secondary N) is 2. The molecular formula is C15H26N2O3. The molecule has 2 aliphatic rings. The monoisotopic (exact) mass is 282 g/mol. The molecule has 5 nitrogen and oxygen atoms in total. The fourth-order valence-electron chi connectivity index (χ4n) is 3.52. The highest BCUT2D eigenvalue weighted by molar-refractivity contribution is 5.77. The molecule has 2 fully saturated rings. The Morgan fingerprint density at radius 1 is 1.20 bits per heavy atom. The second-order valence-electron chi connectivity index (χ2n) is 7.26. The quantitative estimate of drug-likeness (QED) is 0.741. The molecule has 0 saturated heterocycles. The van der Waals surface area contributed by atoms with Crippen LogP contribution in [-0.2, 0) is 4.79 Å². The normalized spacial score (nSPS) is 27.2. The molecule has 0 aliphatic heterocycles. The Balaban J connectivity index is 1.84. The molecule has 2 aliphatic carbocycles. The van der Waals surface area contributed by atoms with E-state index in [1.807, 2.05) is 0 Å². The topological polar surface area (TPSA) is 78.4 Å². The smallest absolute Gasteiger partial charge is 0.315 e. The molecule has 0 radical (unpaired) electrons. The summed E-state index contributed by atoms with van der Waals surface area (Å²) in [5, 5.41) is 14.9. The van der Waals surface area contributed by atoms with E-state index in [-0.39, 0.29) is 23.9 Å². The van der Waals surface area contributed by atoms with Gasteiger partial charge in [0.2, 0.25) is 0 Å². The van der Waals surface area contributed by atoms with E-state index in [4.69, 9.17) is 5.11 Å².